The number of ether oxygens (including phenoxy) is 1. The fourth-order valence-corrected chi connectivity index (χ4v) is 2.84. The molecule has 0 bridgehead atoms. The molecule has 0 spiro atoms. The fraction of sp³-hybridized carbons (Fsp3) is 0.368. The Balaban J connectivity index is 1.81. The van der Waals surface area contributed by atoms with Crippen LogP contribution in [0.1, 0.15) is 45.9 Å². The Hall–Kier alpha value is -2.60. The van der Waals surface area contributed by atoms with Crippen molar-refractivity contribution in [3.05, 3.63) is 58.4 Å². The summed E-state index contributed by atoms with van der Waals surface area (Å²) in [6.07, 6.45) is 0.0341. The number of H-pyrrole nitrogens is 1. The highest BCUT2D eigenvalue weighted by molar-refractivity contribution is 5.91. The number of aliphatic hydroxyl groups is 1. The van der Waals surface area contributed by atoms with Crippen molar-refractivity contribution in [1.82, 2.24) is 10.3 Å². The van der Waals surface area contributed by atoms with Gasteiger partial charge in [0.2, 0.25) is 0 Å². The van der Waals surface area contributed by atoms with Crippen LogP contribution in [0.4, 0.5) is 0 Å². The van der Waals surface area contributed by atoms with Gasteiger partial charge in [0, 0.05) is 17.8 Å². The Morgan fingerprint density at radius 2 is 1.92 bits per heavy atom. The lowest BCUT2D eigenvalue weighted by molar-refractivity contribution is -0.124. The SMILES string of the molecule is Cc1[nH]c(C(=O)OCC(=O)NCCc2ccccc2)c(C)c1[C@H](C)O. The van der Waals surface area contributed by atoms with Gasteiger partial charge in [-0.1, -0.05) is 30.3 Å². The van der Waals surface area contributed by atoms with Gasteiger partial charge >= 0.3 is 5.97 Å². The second-order valence-electron chi connectivity index (χ2n) is 6.00. The zero-order valence-corrected chi connectivity index (χ0v) is 14.8. The van der Waals surface area contributed by atoms with E-state index in [0.29, 0.717) is 29.8 Å². The molecule has 0 unspecified atom stereocenters. The standard InChI is InChI=1S/C19H24N2O4/c1-12-17(14(3)22)13(2)21-18(12)19(24)25-11-16(23)20-10-9-15-7-5-4-6-8-15/h4-8,14,21-22H,9-11H2,1-3H3,(H,20,23)/t14-/m0/s1. The van der Waals surface area contributed by atoms with Crippen molar-refractivity contribution in [2.45, 2.75) is 33.3 Å². The van der Waals surface area contributed by atoms with Crippen LogP contribution in [-0.4, -0.2) is 35.1 Å². The lowest BCUT2D eigenvalue weighted by Gasteiger charge is -2.07. The second kappa shape index (κ2) is 8.48. The smallest absolute Gasteiger partial charge is 0.355 e. The van der Waals surface area contributed by atoms with Crippen molar-refractivity contribution in [2.24, 2.45) is 0 Å². The third-order valence-corrected chi connectivity index (χ3v) is 4.03. The van der Waals surface area contributed by atoms with E-state index in [4.69, 9.17) is 4.74 Å². The van der Waals surface area contributed by atoms with Crippen LogP contribution in [-0.2, 0) is 16.0 Å². The van der Waals surface area contributed by atoms with Crippen LogP contribution < -0.4 is 5.32 Å². The second-order valence-corrected chi connectivity index (χ2v) is 6.00. The number of carbonyl (C=O) groups is 2. The molecule has 1 amide bonds. The highest BCUT2D eigenvalue weighted by Gasteiger charge is 2.21. The molecule has 3 N–H and O–H groups in total. The first-order valence-electron chi connectivity index (χ1n) is 8.25. The lowest BCUT2D eigenvalue weighted by atomic mass is 10.1. The van der Waals surface area contributed by atoms with Crippen LogP contribution in [0.15, 0.2) is 30.3 Å². The molecule has 0 aliphatic heterocycles. The van der Waals surface area contributed by atoms with E-state index in [-0.39, 0.29) is 18.2 Å². The predicted octanol–water partition coefficient (Wildman–Crippen LogP) is 2.20. The summed E-state index contributed by atoms with van der Waals surface area (Å²) >= 11 is 0. The molecule has 1 aromatic heterocycles. The van der Waals surface area contributed by atoms with Crippen molar-refractivity contribution in [3.63, 3.8) is 0 Å². The highest BCUT2D eigenvalue weighted by Crippen LogP contribution is 2.24. The van der Waals surface area contributed by atoms with Crippen LogP contribution in [0.2, 0.25) is 0 Å². The van der Waals surface area contributed by atoms with Crippen LogP contribution in [0.25, 0.3) is 0 Å². The first kappa shape index (κ1) is 18.7. The van der Waals surface area contributed by atoms with Crippen LogP contribution in [0.5, 0.6) is 0 Å². The molecule has 25 heavy (non-hydrogen) atoms. The predicted molar refractivity (Wildman–Crippen MR) is 94.3 cm³/mol. The molecule has 6 nitrogen and oxygen atoms in total. The van der Waals surface area contributed by atoms with Crippen LogP contribution in [0.3, 0.4) is 0 Å². The minimum Gasteiger partial charge on any atom is -0.451 e. The Labute approximate surface area is 147 Å². The quantitative estimate of drug-likeness (QED) is 0.672. The average Bonchev–Trinajstić information content (AvgIpc) is 2.88. The van der Waals surface area contributed by atoms with Crippen LogP contribution >= 0.6 is 0 Å². The first-order chi connectivity index (χ1) is 11.9. The molecule has 1 heterocycles. The number of carbonyl (C=O) groups excluding carboxylic acids is 2. The van der Waals surface area contributed by atoms with Gasteiger partial charge in [0.1, 0.15) is 5.69 Å². The molecule has 2 rings (SSSR count). The van der Waals surface area contributed by atoms with E-state index in [1.54, 1.807) is 20.8 Å². The number of aromatic amines is 1. The van der Waals surface area contributed by atoms with Gasteiger partial charge < -0.3 is 20.1 Å². The summed E-state index contributed by atoms with van der Waals surface area (Å²) in [5.74, 6) is -0.952. The van der Waals surface area contributed by atoms with Gasteiger partial charge in [0.25, 0.3) is 5.91 Å². The summed E-state index contributed by atoms with van der Waals surface area (Å²) < 4.78 is 5.06. The number of nitrogens with one attached hydrogen (secondary N) is 2. The molecular formula is C19H24N2O4. The van der Waals surface area contributed by atoms with E-state index in [1.165, 1.54) is 0 Å². The van der Waals surface area contributed by atoms with Crippen molar-refractivity contribution >= 4 is 11.9 Å². The monoisotopic (exact) mass is 344 g/mol. The topological polar surface area (TPSA) is 91.4 Å². The number of aromatic nitrogens is 1. The number of aliphatic hydroxyl groups excluding tert-OH is 1. The maximum atomic E-state index is 12.1. The minimum absolute atomic E-state index is 0.269. The molecule has 2 aromatic rings. The summed E-state index contributed by atoms with van der Waals surface area (Å²) in [5.41, 5.74) is 3.43. The van der Waals surface area contributed by atoms with Crippen molar-refractivity contribution < 1.29 is 19.4 Å². The normalized spacial score (nSPS) is 11.8. The number of amides is 1. The van der Waals surface area contributed by atoms with Gasteiger partial charge in [0.15, 0.2) is 6.61 Å². The minimum atomic E-state index is -0.681. The summed E-state index contributed by atoms with van der Waals surface area (Å²) in [5, 5.41) is 12.5. The van der Waals surface area contributed by atoms with Gasteiger partial charge in [0.05, 0.1) is 6.10 Å². The molecule has 0 radical (unpaired) electrons. The zero-order valence-electron chi connectivity index (χ0n) is 14.8. The first-order valence-corrected chi connectivity index (χ1v) is 8.25. The maximum Gasteiger partial charge on any atom is 0.355 e. The molecular weight excluding hydrogens is 320 g/mol. The van der Waals surface area contributed by atoms with Gasteiger partial charge in [-0.3, -0.25) is 4.79 Å². The van der Waals surface area contributed by atoms with Gasteiger partial charge in [-0.25, -0.2) is 4.79 Å². The fourth-order valence-electron chi connectivity index (χ4n) is 2.84. The molecule has 1 atom stereocenters. The van der Waals surface area contributed by atoms with Gasteiger partial charge in [-0.2, -0.15) is 0 Å². The van der Waals surface area contributed by atoms with E-state index in [9.17, 15) is 14.7 Å². The lowest BCUT2D eigenvalue weighted by Crippen LogP contribution is -2.30. The molecule has 134 valence electrons. The molecule has 0 fully saturated rings. The number of hydrogen-bond donors (Lipinski definition) is 3. The summed E-state index contributed by atoms with van der Waals surface area (Å²) in [7, 11) is 0. The largest absolute Gasteiger partial charge is 0.451 e. The van der Waals surface area contributed by atoms with Gasteiger partial charge in [-0.05, 0) is 38.3 Å². The zero-order chi connectivity index (χ0) is 18.4. The number of hydrogen-bond acceptors (Lipinski definition) is 4. The average molecular weight is 344 g/mol. The van der Waals surface area contributed by atoms with Crippen molar-refractivity contribution in [1.29, 1.82) is 0 Å². The van der Waals surface area contributed by atoms with Crippen LogP contribution in [0, 0.1) is 13.8 Å². The van der Waals surface area contributed by atoms with E-state index in [1.807, 2.05) is 30.3 Å². The third-order valence-electron chi connectivity index (χ3n) is 4.03. The Bertz CT molecular complexity index is 735. The molecule has 6 heteroatoms. The highest BCUT2D eigenvalue weighted by atomic mass is 16.5. The number of rotatable bonds is 7. The molecule has 0 aliphatic rings. The summed E-state index contributed by atoms with van der Waals surface area (Å²) in [6.45, 7) is 5.30. The maximum absolute atomic E-state index is 12.1. The Morgan fingerprint density at radius 3 is 2.52 bits per heavy atom. The third kappa shape index (κ3) is 4.93. The number of aryl methyl sites for hydroxylation is 1. The van der Waals surface area contributed by atoms with E-state index in [2.05, 4.69) is 10.3 Å². The summed E-state index contributed by atoms with van der Waals surface area (Å²) in [4.78, 5) is 26.9. The van der Waals surface area contributed by atoms with Gasteiger partial charge in [-0.15, -0.1) is 0 Å². The number of benzene rings is 1. The van der Waals surface area contributed by atoms with E-state index >= 15 is 0 Å². The molecule has 0 aliphatic carbocycles. The van der Waals surface area contributed by atoms with E-state index in [0.717, 1.165) is 5.56 Å². The Kier molecular flexibility index (Phi) is 6.36. The summed E-state index contributed by atoms with van der Waals surface area (Å²) in [6, 6.07) is 9.81. The molecule has 1 aromatic carbocycles. The molecule has 0 saturated heterocycles. The van der Waals surface area contributed by atoms with Crippen molar-refractivity contribution in [3.8, 4) is 0 Å². The van der Waals surface area contributed by atoms with E-state index < -0.39 is 12.1 Å². The van der Waals surface area contributed by atoms with Crippen molar-refractivity contribution in [2.75, 3.05) is 13.2 Å². The number of esters is 1. The Morgan fingerprint density at radius 1 is 1.24 bits per heavy atom. The molecule has 0 saturated carbocycles.